The molecule has 0 aliphatic carbocycles. The molecule has 0 aliphatic rings. The third-order valence-electron chi connectivity index (χ3n) is 3.79. The van der Waals surface area contributed by atoms with Gasteiger partial charge in [-0.15, -0.1) is 0 Å². The molecule has 0 radical (unpaired) electrons. The summed E-state index contributed by atoms with van der Waals surface area (Å²) in [5.41, 5.74) is 6.27. The molecule has 1 N–H and O–H groups in total. The van der Waals surface area contributed by atoms with E-state index in [2.05, 4.69) is 62.5 Å². The number of nitrogens with one attached hydrogen (secondary N) is 1. The molecule has 0 bridgehead atoms. The van der Waals surface area contributed by atoms with Crippen LogP contribution in [0.3, 0.4) is 0 Å². The van der Waals surface area contributed by atoms with Crippen molar-refractivity contribution in [1.82, 2.24) is 5.32 Å². The number of ether oxygens (including phenoxy) is 1. The van der Waals surface area contributed by atoms with Gasteiger partial charge in [-0.3, -0.25) is 0 Å². The molecule has 2 heteroatoms. The number of methoxy groups -OCH3 is 1. The van der Waals surface area contributed by atoms with Gasteiger partial charge in [0.15, 0.2) is 0 Å². The number of benzene rings is 2. The average Bonchev–Trinajstić information content (AvgIpc) is 2.43. The van der Waals surface area contributed by atoms with E-state index in [1.165, 1.54) is 27.8 Å². The van der Waals surface area contributed by atoms with Gasteiger partial charge in [-0.1, -0.05) is 30.3 Å². The smallest absolute Gasteiger partial charge is 0.124 e. The van der Waals surface area contributed by atoms with Crippen molar-refractivity contribution in [3.63, 3.8) is 0 Å². The zero-order valence-electron chi connectivity index (χ0n) is 12.9. The molecule has 0 aliphatic heterocycles. The van der Waals surface area contributed by atoms with Crippen LogP contribution in [0.2, 0.25) is 0 Å². The zero-order valence-corrected chi connectivity index (χ0v) is 12.9. The van der Waals surface area contributed by atoms with Gasteiger partial charge < -0.3 is 10.1 Å². The van der Waals surface area contributed by atoms with Crippen molar-refractivity contribution < 1.29 is 4.74 Å². The van der Waals surface area contributed by atoms with Crippen molar-refractivity contribution in [1.29, 1.82) is 0 Å². The van der Waals surface area contributed by atoms with Crippen LogP contribution in [-0.4, -0.2) is 14.2 Å². The van der Waals surface area contributed by atoms with E-state index in [9.17, 15) is 0 Å². The maximum Gasteiger partial charge on any atom is 0.124 e. The summed E-state index contributed by atoms with van der Waals surface area (Å²) in [5, 5.41) is 3.43. The maximum atomic E-state index is 5.61. The quantitative estimate of drug-likeness (QED) is 0.908. The summed E-state index contributed by atoms with van der Waals surface area (Å²) >= 11 is 0. The second kappa shape index (κ2) is 6.10. The summed E-state index contributed by atoms with van der Waals surface area (Å²) in [6.45, 7) is 6.39. The van der Waals surface area contributed by atoms with Crippen molar-refractivity contribution in [3.05, 3.63) is 64.2 Å². The van der Waals surface area contributed by atoms with E-state index in [1.54, 1.807) is 7.11 Å². The first-order valence-corrected chi connectivity index (χ1v) is 6.96. The van der Waals surface area contributed by atoms with Crippen LogP contribution in [0.15, 0.2) is 36.4 Å². The van der Waals surface area contributed by atoms with Crippen LogP contribution in [0.1, 0.15) is 33.9 Å². The normalized spacial score (nSPS) is 12.2. The Labute approximate surface area is 121 Å². The monoisotopic (exact) mass is 269 g/mol. The van der Waals surface area contributed by atoms with E-state index in [0.717, 1.165) is 5.75 Å². The zero-order chi connectivity index (χ0) is 14.7. The van der Waals surface area contributed by atoms with E-state index >= 15 is 0 Å². The topological polar surface area (TPSA) is 21.3 Å². The molecule has 0 spiro atoms. The first kappa shape index (κ1) is 14.6. The van der Waals surface area contributed by atoms with E-state index in [4.69, 9.17) is 4.74 Å². The Morgan fingerprint density at radius 3 is 2.30 bits per heavy atom. The van der Waals surface area contributed by atoms with Gasteiger partial charge >= 0.3 is 0 Å². The van der Waals surface area contributed by atoms with Crippen molar-refractivity contribution in [2.24, 2.45) is 0 Å². The van der Waals surface area contributed by atoms with Crippen molar-refractivity contribution in [2.75, 3.05) is 14.2 Å². The van der Waals surface area contributed by atoms with Gasteiger partial charge in [0.25, 0.3) is 0 Å². The van der Waals surface area contributed by atoms with Gasteiger partial charge in [0.2, 0.25) is 0 Å². The Bertz CT molecular complexity index is 604. The third-order valence-corrected chi connectivity index (χ3v) is 3.79. The van der Waals surface area contributed by atoms with Crippen LogP contribution >= 0.6 is 0 Å². The first-order chi connectivity index (χ1) is 9.58. The fourth-order valence-electron chi connectivity index (χ4n) is 2.84. The highest BCUT2D eigenvalue weighted by molar-refractivity contribution is 5.49. The molecule has 2 rings (SSSR count). The second-order valence-electron chi connectivity index (χ2n) is 5.28. The molecule has 0 amide bonds. The minimum absolute atomic E-state index is 0.145. The molecule has 0 saturated carbocycles. The Morgan fingerprint density at radius 1 is 1.00 bits per heavy atom. The Kier molecular flexibility index (Phi) is 4.46. The maximum absolute atomic E-state index is 5.61. The summed E-state index contributed by atoms with van der Waals surface area (Å²) in [5.74, 6) is 0.949. The fraction of sp³-hybridized carbons (Fsp3) is 0.333. The molecule has 2 aromatic rings. The van der Waals surface area contributed by atoms with Crippen LogP contribution in [0.5, 0.6) is 5.75 Å². The number of rotatable bonds is 4. The molecule has 1 unspecified atom stereocenters. The summed E-state index contributed by atoms with van der Waals surface area (Å²) in [6.07, 6.45) is 0. The highest BCUT2D eigenvalue weighted by atomic mass is 16.5. The SMILES string of the molecule is CNC(c1ccccc1C)c1c(C)cc(C)cc1OC. The Balaban J connectivity index is 2.61. The minimum Gasteiger partial charge on any atom is -0.496 e. The molecular weight excluding hydrogens is 246 g/mol. The van der Waals surface area contributed by atoms with Crippen LogP contribution in [0.4, 0.5) is 0 Å². The van der Waals surface area contributed by atoms with Crippen LogP contribution in [0.25, 0.3) is 0 Å². The lowest BCUT2D eigenvalue weighted by Gasteiger charge is -2.24. The van der Waals surface area contributed by atoms with Crippen molar-refractivity contribution in [3.8, 4) is 5.75 Å². The lowest BCUT2D eigenvalue weighted by Crippen LogP contribution is -2.20. The van der Waals surface area contributed by atoms with Gasteiger partial charge in [-0.05, 0) is 56.1 Å². The lowest BCUT2D eigenvalue weighted by molar-refractivity contribution is 0.404. The fourth-order valence-corrected chi connectivity index (χ4v) is 2.84. The first-order valence-electron chi connectivity index (χ1n) is 6.96. The van der Waals surface area contributed by atoms with E-state index in [0.29, 0.717) is 0 Å². The van der Waals surface area contributed by atoms with Crippen LogP contribution < -0.4 is 10.1 Å². The van der Waals surface area contributed by atoms with E-state index in [-0.39, 0.29) is 6.04 Å². The third kappa shape index (κ3) is 2.70. The van der Waals surface area contributed by atoms with Crippen molar-refractivity contribution in [2.45, 2.75) is 26.8 Å². The molecule has 1 atom stereocenters. The number of hydrogen-bond donors (Lipinski definition) is 1. The molecule has 0 fully saturated rings. The summed E-state index contributed by atoms with van der Waals surface area (Å²) in [7, 11) is 3.73. The molecule has 2 nitrogen and oxygen atoms in total. The molecule has 0 heterocycles. The Hall–Kier alpha value is -1.80. The molecule has 2 aromatic carbocycles. The van der Waals surface area contributed by atoms with E-state index in [1.807, 2.05) is 7.05 Å². The number of aryl methyl sites for hydroxylation is 3. The molecule has 20 heavy (non-hydrogen) atoms. The van der Waals surface area contributed by atoms with Crippen molar-refractivity contribution >= 4 is 0 Å². The molecule has 0 saturated heterocycles. The molecular formula is C18H23NO. The summed E-state index contributed by atoms with van der Waals surface area (Å²) in [4.78, 5) is 0. The van der Waals surface area contributed by atoms with Gasteiger partial charge in [-0.25, -0.2) is 0 Å². The average molecular weight is 269 g/mol. The van der Waals surface area contributed by atoms with Gasteiger partial charge in [0, 0.05) is 5.56 Å². The molecule has 0 aromatic heterocycles. The predicted molar refractivity (Wildman–Crippen MR) is 84.5 cm³/mol. The van der Waals surface area contributed by atoms with Crippen LogP contribution in [0, 0.1) is 20.8 Å². The van der Waals surface area contributed by atoms with Gasteiger partial charge in [0.05, 0.1) is 13.2 Å². The van der Waals surface area contributed by atoms with Gasteiger partial charge in [-0.2, -0.15) is 0 Å². The minimum atomic E-state index is 0.145. The second-order valence-corrected chi connectivity index (χ2v) is 5.28. The molecule has 106 valence electrons. The summed E-state index contributed by atoms with van der Waals surface area (Å²) in [6, 6.07) is 12.9. The standard InChI is InChI=1S/C18H23NO/c1-12-10-14(3)17(16(11-12)20-5)18(19-4)15-9-7-6-8-13(15)2/h6-11,18-19H,1-5H3. The largest absolute Gasteiger partial charge is 0.496 e. The van der Waals surface area contributed by atoms with Gasteiger partial charge in [0.1, 0.15) is 5.75 Å². The number of hydrogen-bond acceptors (Lipinski definition) is 2. The lowest BCUT2D eigenvalue weighted by atomic mass is 9.90. The summed E-state index contributed by atoms with van der Waals surface area (Å²) < 4.78 is 5.61. The predicted octanol–water partition coefficient (Wildman–Crippen LogP) is 3.93. The highest BCUT2D eigenvalue weighted by Gasteiger charge is 2.20. The van der Waals surface area contributed by atoms with Crippen LogP contribution in [-0.2, 0) is 0 Å². The van der Waals surface area contributed by atoms with E-state index < -0.39 is 0 Å². The highest BCUT2D eigenvalue weighted by Crippen LogP contribution is 2.34. The Morgan fingerprint density at radius 2 is 1.70 bits per heavy atom.